The molecule has 0 unspecified atom stereocenters. The number of aliphatic hydroxyl groups is 2. The van der Waals surface area contributed by atoms with E-state index in [-0.39, 0.29) is 17.8 Å². The maximum absolute atomic E-state index is 10.2. The number of fused-ring (bicyclic) bond motifs is 1. The van der Waals surface area contributed by atoms with Gasteiger partial charge in [-0.3, -0.25) is 0 Å². The average Bonchev–Trinajstić information content (AvgIpc) is 2.80. The molecule has 0 fully saturated rings. The van der Waals surface area contributed by atoms with Gasteiger partial charge in [0.05, 0.1) is 6.54 Å². The third-order valence-electron chi connectivity index (χ3n) is 3.27. The lowest BCUT2D eigenvalue weighted by molar-refractivity contribution is -0.180. The molecular formula is C16H23NO3. The van der Waals surface area contributed by atoms with Crippen molar-refractivity contribution >= 4 is 11.0 Å². The van der Waals surface area contributed by atoms with E-state index in [1.807, 2.05) is 45.9 Å². The van der Waals surface area contributed by atoms with Crippen LogP contribution in [-0.4, -0.2) is 22.3 Å². The van der Waals surface area contributed by atoms with Crippen LogP contribution in [0.3, 0.4) is 0 Å². The molecule has 1 aromatic heterocycles. The highest BCUT2D eigenvalue weighted by Gasteiger charge is 2.31. The molecule has 1 aromatic carbocycles. The molecule has 2 rings (SSSR count). The highest BCUT2D eigenvalue weighted by molar-refractivity contribution is 5.81. The third-order valence-corrected chi connectivity index (χ3v) is 3.27. The number of nitrogens with one attached hydrogen (secondary N) is 1. The van der Waals surface area contributed by atoms with Crippen LogP contribution < -0.4 is 5.32 Å². The van der Waals surface area contributed by atoms with E-state index in [2.05, 4.69) is 5.32 Å². The monoisotopic (exact) mass is 277 g/mol. The molecule has 0 atom stereocenters. The maximum Gasteiger partial charge on any atom is 0.236 e. The van der Waals surface area contributed by atoms with Crippen LogP contribution in [0, 0.1) is 0 Å². The third kappa shape index (κ3) is 3.20. The van der Waals surface area contributed by atoms with Gasteiger partial charge < -0.3 is 19.9 Å². The second-order valence-corrected chi connectivity index (χ2v) is 6.22. The number of hydrogen-bond donors (Lipinski definition) is 3. The van der Waals surface area contributed by atoms with Crippen LogP contribution in [0.5, 0.6) is 0 Å². The van der Waals surface area contributed by atoms with Gasteiger partial charge in [0, 0.05) is 10.9 Å². The van der Waals surface area contributed by atoms with E-state index in [4.69, 9.17) is 4.42 Å². The molecular weight excluding hydrogens is 254 g/mol. The summed E-state index contributed by atoms with van der Waals surface area (Å²) in [5.41, 5.74) is 1.60. The van der Waals surface area contributed by atoms with Gasteiger partial charge in [-0.15, -0.1) is 0 Å². The number of aryl methyl sites for hydroxylation is 1. The van der Waals surface area contributed by atoms with Crippen molar-refractivity contribution in [2.24, 2.45) is 0 Å². The number of hydrogen-bond acceptors (Lipinski definition) is 4. The van der Waals surface area contributed by atoms with E-state index in [9.17, 15) is 10.2 Å². The van der Waals surface area contributed by atoms with Crippen LogP contribution in [0.2, 0.25) is 0 Å². The first-order valence-corrected chi connectivity index (χ1v) is 6.94. The molecule has 2 aromatic rings. The SMILES string of the molecule is CCc1cccc2cc(C(O)(O)CNC(C)(C)C)oc12. The van der Waals surface area contributed by atoms with Gasteiger partial charge in [-0.2, -0.15) is 0 Å². The molecule has 0 aliphatic carbocycles. The van der Waals surface area contributed by atoms with E-state index in [0.29, 0.717) is 0 Å². The molecule has 4 heteroatoms. The summed E-state index contributed by atoms with van der Waals surface area (Å²) in [7, 11) is 0. The maximum atomic E-state index is 10.2. The Labute approximate surface area is 119 Å². The van der Waals surface area contributed by atoms with Gasteiger partial charge >= 0.3 is 0 Å². The highest BCUT2D eigenvalue weighted by atomic mass is 16.5. The van der Waals surface area contributed by atoms with Gasteiger partial charge in [0.2, 0.25) is 5.79 Å². The molecule has 0 saturated heterocycles. The molecule has 4 nitrogen and oxygen atoms in total. The van der Waals surface area contributed by atoms with Gasteiger partial charge in [-0.05, 0) is 38.8 Å². The standard InChI is InChI=1S/C16H23NO3/c1-5-11-7-6-8-12-9-13(20-14(11)12)16(18,19)10-17-15(2,3)4/h6-9,17-19H,5,10H2,1-4H3. The summed E-state index contributed by atoms with van der Waals surface area (Å²) in [6.07, 6.45) is 0.842. The summed E-state index contributed by atoms with van der Waals surface area (Å²) in [6.45, 7) is 7.96. The molecule has 1 heterocycles. The van der Waals surface area contributed by atoms with Crippen LogP contribution in [0.15, 0.2) is 28.7 Å². The van der Waals surface area contributed by atoms with Crippen molar-refractivity contribution in [1.29, 1.82) is 0 Å². The molecule has 110 valence electrons. The van der Waals surface area contributed by atoms with Gasteiger partial charge in [0.1, 0.15) is 5.58 Å². The number of β-amino-alcohol motifs (C(OH)–C–C–N with tert-alkyl or cyclic N) is 2. The molecule has 0 aliphatic heterocycles. The van der Waals surface area contributed by atoms with Gasteiger partial charge in [0.15, 0.2) is 5.76 Å². The number of para-hydroxylation sites is 1. The minimum Gasteiger partial charge on any atom is -0.455 e. The fraction of sp³-hybridized carbons (Fsp3) is 0.500. The first-order chi connectivity index (χ1) is 9.23. The largest absolute Gasteiger partial charge is 0.455 e. The summed E-state index contributed by atoms with van der Waals surface area (Å²) >= 11 is 0. The molecule has 0 aliphatic rings. The summed E-state index contributed by atoms with van der Waals surface area (Å²) in [6, 6.07) is 7.54. The normalized spacial score (nSPS) is 13.1. The zero-order chi connectivity index (χ0) is 15.0. The predicted octanol–water partition coefficient (Wildman–Crippen LogP) is 2.52. The van der Waals surface area contributed by atoms with Crippen molar-refractivity contribution in [3.8, 4) is 0 Å². The first kappa shape index (κ1) is 15.0. The van der Waals surface area contributed by atoms with Crippen molar-refractivity contribution in [2.45, 2.75) is 45.4 Å². The Kier molecular flexibility index (Phi) is 3.91. The van der Waals surface area contributed by atoms with Gasteiger partial charge in [-0.1, -0.05) is 25.1 Å². The fourth-order valence-electron chi connectivity index (χ4n) is 2.07. The topological polar surface area (TPSA) is 65.6 Å². The zero-order valence-corrected chi connectivity index (χ0v) is 12.5. The summed E-state index contributed by atoms with van der Waals surface area (Å²) < 4.78 is 5.68. The van der Waals surface area contributed by atoms with Crippen LogP contribution >= 0.6 is 0 Å². The summed E-state index contributed by atoms with van der Waals surface area (Å²) in [5.74, 6) is -1.85. The first-order valence-electron chi connectivity index (χ1n) is 6.94. The number of benzene rings is 1. The second kappa shape index (κ2) is 5.20. The molecule has 0 radical (unpaired) electrons. The van der Waals surface area contributed by atoms with Crippen molar-refractivity contribution in [1.82, 2.24) is 5.32 Å². The van der Waals surface area contributed by atoms with Crippen LogP contribution in [0.25, 0.3) is 11.0 Å². The lowest BCUT2D eigenvalue weighted by atomic mass is 10.1. The Hall–Kier alpha value is -1.36. The van der Waals surface area contributed by atoms with E-state index in [0.717, 1.165) is 23.0 Å². The van der Waals surface area contributed by atoms with Crippen molar-refractivity contribution in [3.63, 3.8) is 0 Å². The average molecular weight is 277 g/mol. The second-order valence-electron chi connectivity index (χ2n) is 6.22. The lowest BCUT2D eigenvalue weighted by Crippen LogP contribution is -2.46. The van der Waals surface area contributed by atoms with E-state index >= 15 is 0 Å². The number of furan rings is 1. The van der Waals surface area contributed by atoms with Crippen LogP contribution in [0.1, 0.15) is 39.0 Å². The lowest BCUT2D eigenvalue weighted by Gasteiger charge is -2.26. The molecule has 0 amide bonds. The fourth-order valence-corrected chi connectivity index (χ4v) is 2.07. The Morgan fingerprint density at radius 1 is 1.20 bits per heavy atom. The molecule has 3 N–H and O–H groups in total. The smallest absolute Gasteiger partial charge is 0.236 e. The van der Waals surface area contributed by atoms with E-state index in [1.54, 1.807) is 6.07 Å². The Morgan fingerprint density at radius 3 is 2.50 bits per heavy atom. The Morgan fingerprint density at radius 2 is 1.90 bits per heavy atom. The van der Waals surface area contributed by atoms with Crippen molar-refractivity contribution < 1.29 is 14.6 Å². The van der Waals surface area contributed by atoms with E-state index in [1.165, 1.54) is 0 Å². The molecule has 0 spiro atoms. The zero-order valence-electron chi connectivity index (χ0n) is 12.5. The van der Waals surface area contributed by atoms with Crippen molar-refractivity contribution in [3.05, 3.63) is 35.6 Å². The van der Waals surface area contributed by atoms with Crippen molar-refractivity contribution in [2.75, 3.05) is 6.54 Å². The summed E-state index contributed by atoms with van der Waals surface area (Å²) in [4.78, 5) is 0. The molecule has 0 bridgehead atoms. The number of rotatable bonds is 4. The predicted molar refractivity (Wildman–Crippen MR) is 79.5 cm³/mol. The quantitative estimate of drug-likeness (QED) is 0.751. The summed E-state index contributed by atoms with van der Waals surface area (Å²) in [5, 5.41) is 24.4. The Bertz CT molecular complexity index is 593. The molecule has 0 saturated carbocycles. The van der Waals surface area contributed by atoms with Gasteiger partial charge in [-0.25, -0.2) is 0 Å². The minimum atomic E-state index is -2.02. The van der Waals surface area contributed by atoms with Gasteiger partial charge in [0.25, 0.3) is 0 Å². The minimum absolute atomic E-state index is 0.0117. The highest BCUT2D eigenvalue weighted by Crippen LogP contribution is 2.29. The molecule has 20 heavy (non-hydrogen) atoms. The Balaban J connectivity index is 2.32. The van der Waals surface area contributed by atoms with Crippen LogP contribution in [0.4, 0.5) is 0 Å². The van der Waals surface area contributed by atoms with Crippen LogP contribution in [-0.2, 0) is 12.2 Å². The van der Waals surface area contributed by atoms with E-state index < -0.39 is 5.79 Å².